The fourth-order valence-corrected chi connectivity index (χ4v) is 36.7. The molecule has 0 aromatic heterocycles. The van der Waals surface area contributed by atoms with Gasteiger partial charge in [-0.15, -0.1) is 0 Å². The van der Waals surface area contributed by atoms with E-state index in [4.69, 9.17) is 4.74 Å². The predicted molar refractivity (Wildman–Crippen MR) is 90.6 cm³/mol. The molecule has 0 heterocycles. The van der Waals surface area contributed by atoms with E-state index in [1.165, 1.54) is 5.56 Å². The fraction of sp³-hybridized carbons (Fsp3) is 0.500. The summed E-state index contributed by atoms with van der Waals surface area (Å²) in [6.07, 6.45) is 0. The summed E-state index contributed by atoms with van der Waals surface area (Å²) in [6.45, 7) is 15.1. The van der Waals surface area contributed by atoms with Crippen molar-refractivity contribution in [2.24, 2.45) is 0 Å². The van der Waals surface area contributed by atoms with Gasteiger partial charge in [-0.05, 0) is 13.5 Å². The fourth-order valence-electron chi connectivity index (χ4n) is 2.50. The Morgan fingerprint density at radius 1 is 0.944 bits per heavy atom. The number of benzene rings is 1. The summed E-state index contributed by atoms with van der Waals surface area (Å²) >= 11 is 0. The van der Waals surface area contributed by atoms with Crippen LogP contribution in [0.25, 0.3) is 0 Å². The molecule has 0 amide bonds. The molecule has 0 unspecified atom stereocenters. The highest BCUT2D eigenvalue weighted by molar-refractivity contribution is 7.60. The van der Waals surface area contributed by atoms with Crippen LogP contribution in [0.1, 0.15) is 5.56 Å². The van der Waals surface area contributed by atoms with Crippen molar-refractivity contribution >= 4 is 28.3 Å². The third kappa shape index (κ3) is 4.03. The van der Waals surface area contributed by atoms with Gasteiger partial charge in [-0.2, -0.15) is 0 Å². The van der Waals surface area contributed by atoms with Crippen LogP contribution in [-0.2, 0) is 0 Å². The van der Waals surface area contributed by atoms with Gasteiger partial charge in [0.15, 0.2) is 0 Å². The second-order valence-corrected chi connectivity index (χ2v) is 30.6. The molecule has 100 valence electrons. The van der Waals surface area contributed by atoms with Gasteiger partial charge >= 0.3 is 0 Å². The monoisotopic (exact) mass is 294 g/mol. The summed E-state index contributed by atoms with van der Waals surface area (Å²) in [4.78, 5) is 0. The lowest BCUT2D eigenvalue weighted by atomic mass is 10.2. The topological polar surface area (TPSA) is 9.23 Å². The molecule has 1 aromatic carbocycles. The van der Waals surface area contributed by atoms with Crippen molar-refractivity contribution < 1.29 is 4.74 Å². The van der Waals surface area contributed by atoms with Gasteiger partial charge in [0.1, 0.15) is 5.75 Å². The van der Waals surface area contributed by atoms with Crippen molar-refractivity contribution in [3.63, 3.8) is 0 Å². The Kier molecular flexibility index (Phi) is 4.91. The smallest absolute Gasteiger partial charge is 0.125 e. The van der Waals surface area contributed by atoms with Crippen molar-refractivity contribution in [2.75, 3.05) is 7.11 Å². The molecule has 1 rings (SSSR count). The Bertz CT molecular complexity index is 423. The average Bonchev–Trinajstić information content (AvgIpc) is 2.23. The van der Waals surface area contributed by atoms with E-state index < -0.39 is 15.2 Å². The van der Waals surface area contributed by atoms with Gasteiger partial charge in [0.25, 0.3) is 0 Å². The molecule has 0 spiro atoms. The van der Waals surface area contributed by atoms with Gasteiger partial charge in [0, 0.05) is 5.56 Å². The molecule has 0 bridgehead atoms. The zero-order chi connectivity index (χ0) is 14.0. The minimum Gasteiger partial charge on any atom is -0.496 e. The van der Waals surface area contributed by atoms with Crippen LogP contribution < -0.4 is 4.74 Å². The van der Waals surface area contributed by atoms with Gasteiger partial charge in [0.2, 0.25) is 0 Å². The van der Waals surface area contributed by atoms with Gasteiger partial charge in [0.05, 0.1) is 22.3 Å². The third-order valence-electron chi connectivity index (χ3n) is 3.05. The van der Waals surface area contributed by atoms with Crippen LogP contribution in [0.4, 0.5) is 0 Å². The molecule has 0 N–H and O–H groups in total. The van der Waals surface area contributed by atoms with Gasteiger partial charge < -0.3 is 4.74 Å². The van der Waals surface area contributed by atoms with Crippen molar-refractivity contribution in [3.8, 4) is 5.75 Å². The number of para-hydroxylation sites is 1. The summed E-state index contributed by atoms with van der Waals surface area (Å²) in [6, 6.07) is 8.43. The number of methoxy groups -OCH3 is 1. The normalized spacial score (nSPS) is 12.2. The minimum absolute atomic E-state index is 0.387. The Balaban J connectivity index is 3.34. The molecular weight excluding hydrogens is 268 g/mol. The van der Waals surface area contributed by atoms with E-state index in [1.54, 1.807) is 7.11 Å². The van der Waals surface area contributed by atoms with E-state index in [0.29, 0.717) is 0 Å². The highest BCUT2D eigenvalue weighted by Crippen LogP contribution is 2.18. The van der Waals surface area contributed by atoms with E-state index in [2.05, 4.69) is 63.2 Å². The van der Waals surface area contributed by atoms with Crippen LogP contribution in [0.3, 0.4) is 0 Å². The number of hydrogen-bond acceptors (Lipinski definition) is 1. The van der Waals surface area contributed by atoms with E-state index in [-0.39, 0.29) is 7.44 Å². The summed E-state index contributed by atoms with van der Waals surface area (Å²) in [5.41, 5.74) is 3.89. The molecule has 0 radical (unpaired) electrons. The maximum atomic E-state index is 5.49. The summed E-state index contributed by atoms with van der Waals surface area (Å²) in [7, 11) is -0.797. The molecular formula is C14H26OSi3. The molecule has 4 heteroatoms. The van der Waals surface area contributed by atoms with E-state index in [1.807, 2.05) is 6.07 Å². The lowest BCUT2D eigenvalue weighted by Gasteiger charge is -2.30. The minimum atomic E-state index is -1.09. The molecule has 0 aliphatic rings. The van der Waals surface area contributed by atoms with E-state index >= 15 is 0 Å². The zero-order valence-electron chi connectivity index (χ0n) is 12.8. The van der Waals surface area contributed by atoms with Crippen LogP contribution in [0.15, 0.2) is 24.3 Å². The van der Waals surface area contributed by atoms with Crippen molar-refractivity contribution in [3.05, 3.63) is 29.8 Å². The largest absolute Gasteiger partial charge is 0.496 e. The summed E-state index contributed by atoms with van der Waals surface area (Å²) in [5.74, 6) is 1.02. The third-order valence-corrected chi connectivity index (χ3v) is 30.9. The second-order valence-electron chi connectivity index (χ2n) is 6.80. The standard InChI is InChI=1S/C14H26OSi3/c1-15-14-11-9-8-10-13(14)12-16(17(2,3)4)18(5,6)7/h8-12H,1-7H3. The van der Waals surface area contributed by atoms with E-state index in [9.17, 15) is 0 Å². The van der Waals surface area contributed by atoms with Crippen LogP contribution >= 0.6 is 0 Å². The highest BCUT2D eigenvalue weighted by atomic mass is 29.6. The molecule has 18 heavy (non-hydrogen) atoms. The van der Waals surface area contributed by atoms with Crippen LogP contribution in [0.5, 0.6) is 5.75 Å². The quantitative estimate of drug-likeness (QED) is 0.768. The molecule has 0 aliphatic carbocycles. The first-order chi connectivity index (χ1) is 8.16. The molecule has 0 atom stereocenters. The lowest BCUT2D eigenvalue weighted by Crippen LogP contribution is -2.54. The number of ether oxygens (including phenoxy) is 1. The number of rotatable bonds is 4. The van der Waals surface area contributed by atoms with Crippen LogP contribution in [0.2, 0.25) is 39.3 Å². The number of hydrogen-bond donors (Lipinski definition) is 0. The average molecular weight is 295 g/mol. The Labute approximate surface area is 115 Å². The molecule has 0 saturated carbocycles. The predicted octanol–water partition coefficient (Wildman–Crippen LogP) is 3.76. The maximum Gasteiger partial charge on any atom is 0.125 e. The van der Waals surface area contributed by atoms with Crippen molar-refractivity contribution in [1.29, 1.82) is 0 Å². The summed E-state index contributed by atoms with van der Waals surface area (Å²) in [5, 5.41) is 0. The first kappa shape index (κ1) is 15.6. The first-order valence-corrected chi connectivity index (χ1v) is 17.1. The zero-order valence-corrected chi connectivity index (χ0v) is 15.8. The molecule has 0 fully saturated rings. The molecule has 0 aliphatic heterocycles. The van der Waals surface area contributed by atoms with Gasteiger partial charge in [-0.3, -0.25) is 0 Å². The molecule has 1 nitrogen and oxygen atoms in total. The SMILES string of the molecule is COc1ccccc1C=[Si]([Si](C)(C)C)[Si](C)(C)C. The van der Waals surface area contributed by atoms with E-state index in [0.717, 1.165) is 5.75 Å². The second kappa shape index (κ2) is 5.67. The highest BCUT2D eigenvalue weighted by Gasteiger charge is 2.31. The summed E-state index contributed by atoms with van der Waals surface area (Å²) < 4.78 is 5.49. The first-order valence-electron chi connectivity index (χ1n) is 6.52. The maximum absolute atomic E-state index is 5.49. The van der Waals surface area contributed by atoms with Crippen LogP contribution in [-0.4, -0.2) is 35.4 Å². The van der Waals surface area contributed by atoms with Crippen molar-refractivity contribution in [1.82, 2.24) is 0 Å². The lowest BCUT2D eigenvalue weighted by molar-refractivity contribution is 0.414. The van der Waals surface area contributed by atoms with Crippen LogP contribution in [0, 0.1) is 0 Å². The Morgan fingerprint density at radius 3 is 1.89 bits per heavy atom. The van der Waals surface area contributed by atoms with Gasteiger partial charge in [-0.25, -0.2) is 0 Å². The molecule has 0 saturated heterocycles. The Morgan fingerprint density at radius 2 is 1.44 bits per heavy atom. The molecule has 1 aromatic rings. The van der Waals surface area contributed by atoms with Gasteiger partial charge in [-0.1, -0.05) is 63.2 Å². The van der Waals surface area contributed by atoms with Crippen molar-refractivity contribution in [2.45, 2.75) is 39.3 Å². The Hall–Kier alpha value is -0.459.